The van der Waals surface area contributed by atoms with Crippen LogP contribution in [0.4, 0.5) is 5.69 Å². The monoisotopic (exact) mass is 253 g/mol. The first-order valence-electron chi connectivity index (χ1n) is 5.55. The lowest BCUT2D eigenvalue weighted by atomic mass is 10.2. The van der Waals surface area contributed by atoms with Crippen LogP contribution >= 0.6 is 0 Å². The smallest absolute Gasteiger partial charge is 0.261 e. The van der Waals surface area contributed by atoms with Crippen LogP contribution in [0.5, 0.6) is 5.88 Å². The average molecular weight is 253 g/mol. The van der Waals surface area contributed by atoms with E-state index in [1.54, 1.807) is 42.6 Å². The van der Waals surface area contributed by atoms with Crippen molar-refractivity contribution < 1.29 is 9.53 Å². The summed E-state index contributed by atoms with van der Waals surface area (Å²) in [4.78, 5) is 16.0. The molecule has 2 aromatic rings. The van der Waals surface area contributed by atoms with Gasteiger partial charge in [0, 0.05) is 11.9 Å². The lowest BCUT2D eigenvalue weighted by Gasteiger charge is -2.08. The number of amides is 1. The van der Waals surface area contributed by atoms with Crippen LogP contribution in [0.2, 0.25) is 0 Å². The largest absolute Gasteiger partial charge is 0.480 e. The van der Waals surface area contributed by atoms with Crippen molar-refractivity contribution in [3.05, 3.63) is 53.7 Å². The van der Waals surface area contributed by atoms with Gasteiger partial charge < -0.3 is 10.1 Å². The number of methoxy groups -OCH3 is 1. The van der Waals surface area contributed by atoms with Crippen LogP contribution in [0, 0.1) is 11.3 Å². The molecule has 0 aliphatic rings. The number of benzene rings is 1. The number of anilines is 1. The molecule has 1 aromatic heterocycles. The van der Waals surface area contributed by atoms with E-state index in [2.05, 4.69) is 10.3 Å². The Morgan fingerprint density at radius 1 is 1.37 bits per heavy atom. The van der Waals surface area contributed by atoms with Crippen LogP contribution < -0.4 is 10.1 Å². The van der Waals surface area contributed by atoms with Crippen molar-refractivity contribution in [3.8, 4) is 11.9 Å². The van der Waals surface area contributed by atoms with Gasteiger partial charge in [0.1, 0.15) is 5.56 Å². The van der Waals surface area contributed by atoms with Crippen molar-refractivity contribution in [1.29, 1.82) is 5.26 Å². The molecule has 0 atom stereocenters. The van der Waals surface area contributed by atoms with Gasteiger partial charge in [0.2, 0.25) is 5.88 Å². The van der Waals surface area contributed by atoms with Crippen molar-refractivity contribution in [1.82, 2.24) is 4.98 Å². The Balaban J connectivity index is 2.23. The number of aromatic nitrogens is 1. The molecule has 0 saturated carbocycles. The number of pyridine rings is 1. The van der Waals surface area contributed by atoms with Crippen LogP contribution in [0.25, 0.3) is 0 Å². The summed E-state index contributed by atoms with van der Waals surface area (Å²) < 4.78 is 5.02. The van der Waals surface area contributed by atoms with Gasteiger partial charge >= 0.3 is 0 Å². The number of ether oxygens (including phenoxy) is 1. The van der Waals surface area contributed by atoms with E-state index in [-0.39, 0.29) is 11.8 Å². The second kappa shape index (κ2) is 5.65. The molecule has 2 rings (SSSR count). The Labute approximate surface area is 110 Å². The number of rotatable bonds is 3. The lowest BCUT2D eigenvalue weighted by molar-refractivity contribution is 0.102. The topological polar surface area (TPSA) is 75.0 Å². The average Bonchev–Trinajstić information content (AvgIpc) is 2.47. The minimum Gasteiger partial charge on any atom is -0.480 e. The summed E-state index contributed by atoms with van der Waals surface area (Å²) >= 11 is 0. The molecule has 1 aromatic carbocycles. The number of nitrogens with zero attached hydrogens (tertiary/aromatic N) is 2. The maximum Gasteiger partial charge on any atom is 0.261 e. The molecule has 0 aliphatic heterocycles. The number of nitrogens with one attached hydrogen (secondary N) is 1. The SMILES string of the molecule is COc1ncccc1C(=O)Nc1cccc(C#N)c1. The molecule has 0 unspecified atom stereocenters. The molecule has 0 saturated heterocycles. The first-order chi connectivity index (χ1) is 9.24. The fourth-order valence-electron chi connectivity index (χ4n) is 1.59. The van der Waals surface area contributed by atoms with E-state index in [9.17, 15) is 4.79 Å². The molecular formula is C14H11N3O2. The van der Waals surface area contributed by atoms with Crippen molar-refractivity contribution >= 4 is 11.6 Å². The third-order valence-corrected chi connectivity index (χ3v) is 2.46. The fourth-order valence-corrected chi connectivity index (χ4v) is 1.59. The molecule has 0 radical (unpaired) electrons. The molecular weight excluding hydrogens is 242 g/mol. The first kappa shape index (κ1) is 12.6. The minimum atomic E-state index is -0.333. The van der Waals surface area contributed by atoms with Crippen LogP contribution in [0.1, 0.15) is 15.9 Å². The van der Waals surface area contributed by atoms with Gasteiger partial charge in [0.05, 0.1) is 18.7 Å². The summed E-state index contributed by atoms with van der Waals surface area (Å²) in [5.41, 5.74) is 1.37. The predicted molar refractivity (Wildman–Crippen MR) is 69.9 cm³/mol. The Kier molecular flexibility index (Phi) is 3.74. The highest BCUT2D eigenvalue weighted by molar-refractivity contribution is 6.05. The van der Waals surface area contributed by atoms with Crippen molar-refractivity contribution in [2.45, 2.75) is 0 Å². The Bertz CT molecular complexity index is 647. The Morgan fingerprint density at radius 2 is 2.21 bits per heavy atom. The molecule has 94 valence electrons. The van der Waals surface area contributed by atoms with E-state index in [4.69, 9.17) is 10.00 Å². The molecule has 5 heteroatoms. The maximum atomic E-state index is 12.1. The van der Waals surface area contributed by atoms with Gasteiger partial charge in [0.15, 0.2) is 0 Å². The maximum absolute atomic E-state index is 12.1. The summed E-state index contributed by atoms with van der Waals surface area (Å²) in [6.07, 6.45) is 1.55. The van der Waals surface area contributed by atoms with Gasteiger partial charge in [-0.25, -0.2) is 4.98 Å². The second-order valence-electron chi connectivity index (χ2n) is 3.71. The van der Waals surface area contributed by atoms with Gasteiger partial charge in [-0.1, -0.05) is 6.07 Å². The highest BCUT2D eigenvalue weighted by Crippen LogP contribution is 2.17. The molecule has 0 fully saturated rings. The van der Waals surface area contributed by atoms with E-state index in [0.717, 1.165) is 0 Å². The number of carbonyl (C=O) groups is 1. The predicted octanol–water partition coefficient (Wildman–Crippen LogP) is 2.21. The molecule has 1 N–H and O–H groups in total. The van der Waals surface area contributed by atoms with Crippen molar-refractivity contribution in [3.63, 3.8) is 0 Å². The summed E-state index contributed by atoms with van der Waals surface area (Å²) in [6.45, 7) is 0. The van der Waals surface area contributed by atoms with Crippen LogP contribution in [-0.4, -0.2) is 18.0 Å². The van der Waals surface area contributed by atoms with Gasteiger partial charge in [0.25, 0.3) is 5.91 Å². The van der Waals surface area contributed by atoms with Crippen molar-refractivity contribution in [2.24, 2.45) is 0 Å². The van der Waals surface area contributed by atoms with Crippen LogP contribution in [0.3, 0.4) is 0 Å². The lowest BCUT2D eigenvalue weighted by Crippen LogP contribution is -2.13. The summed E-state index contributed by atoms with van der Waals surface area (Å²) in [6, 6.07) is 12.0. The Morgan fingerprint density at radius 3 is 2.95 bits per heavy atom. The van der Waals surface area contributed by atoms with Crippen molar-refractivity contribution in [2.75, 3.05) is 12.4 Å². The van der Waals surface area contributed by atoms with E-state index in [1.165, 1.54) is 7.11 Å². The third-order valence-electron chi connectivity index (χ3n) is 2.46. The standard InChI is InChI=1S/C14H11N3O2/c1-19-14-12(6-3-7-16-14)13(18)17-11-5-2-4-10(8-11)9-15/h2-8H,1H3,(H,17,18). The van der Waals surface area contributed by atoms with E-state index < -0.39 is 0 Å². The highest BCUT2D eigenvalue weighted by Gasteiger charge is 2.12. The van der Waals surface area contributed by atoms with Gasteiger partial charge in [-0.2, -0.15) is 5.26 Å². The number of hydrogen-bond acceptors (Lipinski definition) is 4. The van der Waals surface area contributed by atoms with E-state index in [0.29, 0.717) is 16.8 Å². The normalized spacial score (nSPS) is 9.47. The molecule has 1 amide bonds. The van der Waals surface area contributed by atoms with Crippen LogP contribution in [0.15, 0.2) is 42.6 Å². The summed E-state index contributed by atoms with van der Waals surface area (Å²) in [7, 11) is 1.45. The zero-order valence-corrected chi connectivity index (χ0v) is 10.3. The molecule has 0 bridgehead atoms. The minimum absolute atomic E-state index is 0.261. The number of nitriles is 1. The molecule has 19 heavy (non-hydrogen) atoms. The third kappa shape index (κ3) is 2.87. The summed E-state index contributed by atoms with van der Waals surface area (Å²) in [5.74, 6) is -0.0727. The molecule has 0 aliphatic carbocycles. The van der Waals surface area contributed by atoms with E-state index in [1.807, 2.05) is 6.07 Å². The zero-order valence-electron chi connectivity index (χ0n) is 10.3. The van der Waals surface area contributed by atoms with Gasteiger partial charge in [-0.05, 0) is 30.3 Å². The fraction of sp³-hybridized carbons (Fsp3) is 0.0714. The van der Waals surface area contributed by atoms with Crippen LogP contribution in [-0.2, 0) is 0 Å². The number of carbonyl (C=O) groups excluding carboxylic acids is 1. The second-order valence-corrected chi connectivity index (χ2v) is 3.71. The van der Waals surface area contributed by atoms with E-state index >= 15 is 0 Å². The quantitative estimate of drug-likeness (QED) is 0.910. The Hall–Kier alpha value is -2.87. The molecule has 5 nitrogen and oxygen atoms in total. The number of hydrogen-bond donors (Lipinski definition) is 1. The summed E-state index contributed by atoms with van der Waals surface area (Å²) in [5, 5.41) is 11.5. The highest BCUT2D eigenvalue weighted by atomic mass is 16.5. The molecule has 0 spiro atoms. The molecule has 1 heterocycles. The zero-order chi connectivity index (χ0) is 13.7. The first-order valence-corrected chi connectivity index (χ1v) is 5.55. The van der Waals surface area contributed by atoms with Gasteiger partial charge in [-0.3, -0.25) is 4.79 Å². The van der Waals surface area contributed by atoms with Gasteiger partial charge in [-0.15, -0.1) is 0 Å².